The van der Waals surface area contributed by atoms with E-state index in [9.17, 15) is 14.7 Å². The molecule has 6 heteroatoms. The number of aliphatic hydroxyl groups excluding tert-OH is 1. The summed E-state index contributed by atoms with van der Waals surface area (Å²) in [7, 11) is 0. The van der Waals surface area contributed by atoms with Crippen molar-refractivity contribution < 1.29 is 9.90 Å². The maximum Gasteiger partial charge on any atom is 0.261 e. The number of hydrogen-bond acceptors (Lipinski definition) is 4. The van der Waals surface area contributed by atoms with Crippen LogP contribution < -0.4 is 10.9 Å². The number of amides is 1. The van der Waals surface area contributed by atoms with E-state index in [0.29, 0.717) is 23.4 Å². The van der Waals surface area contributed by atoms with E-state index in [-0.39, 0.29) is 24.1 Å². The number of carbonyl (C=O) groups excluding carboxylic acids is 1. The molecule has 1 aromatic heterocycles. The lowest BCUT2D eigenvalue weighted by atomic mass is 9.87. The normalized spacial score (nSPS) is 21.3. The zero-order valence-corrected chi connectivity index (χ0v) is 12.9. The molecule has 0 spiro atoms. The van der Waals surface area contributed by atoms with Crippen LogP contribution in [0.15, 0.2) is 35.4 Å². The van der Waals surface area contributed by atoms with Gasteiger partial charge in [0.2, 0.25) is 5.91 Å². The fraction of sp³-hybridized carbons (Fsp3) is 0.471. The number of nitrogens with one attached hydrogen (secondary N) is 1. The van der Waals surface area contributed by atoms with Crippen molar-refractivity contribution in [2.75, 3.05) is 6.54 Å². The Morgan fingerprint density at radius 1 is 1.35 bits per heavy atom. The highest BCUT2D eigenvalue weighted by atomic mass is 16.3. The SMILES string of the molecule is O=C(Cn1cnc2ccccc2c1=O)NCC1CCCC(O)C1. The smallest absolute Gasteiger partial charge is 0.261 e. The number of aromatic nitrogens is 2. The minimum Gasteiger partial charge on any atom is -0.393 e. The topological polar surface area (TPSA) is 84.2 Å². The molecule has 0 saturated heterocycles. The molecular weight excluding hydrogens is 294 g/mol. The van der Waals surface area contributed by atoms with Gasteiger partial charge in [0.25, 0.3) is 5.56 Å². The van der Waals surface area contributed by atoms with Gasteiger partial charge in [0.05, 0.1) is 23.3 Å². The van der Waals surface area contributed by atoms with Gasteiger partial charge in [-0.25, -0.2) is 4.98 Å². The third kappa shape index (κ3) is 3.76. The molecule has 1 aromatic carbocycles. The molecule has 2 unspecified atom stereocenters. The molecule has 122 valence electrons. The van der Waals surface area contributed by atoms with E-state index in [0.717, 1.165) is 25.7 Å². The second-order valence-corrected chi connectivity index (χ2v) is 6.19. The lowest BCUT2D eigenvalue weighted by Gasteiger charge is -2.25. The first-order chi connectivity index (χ1) is 11.1. The Labute approximate surface area is 134 Å². The summed E-state index contributed by atoms with van der Waals surface area (Å²) in [5, 5.41) is 13.0. The van der Waals surface area contributed by atoms with Crippen LogP contribution >= 0.6 is 0 Å². The number of para-hydroxylation sites is 1. The van der Waals surface area contributed by atoms with E-state index in [4.69, 9.17) is 0 Å². The molecule has 1 fully saturated rings. The number of fused-ring (bicyclic) bond motifs is 1. The molecule has 2 aromatic rings. The monoisotopic (exact) mass is 315 g/mol. The van der Waals surface area contributed by atoms with Gasteiger partial charge in [-0.3, -0.25) is 14.2 Å². The Morgan fingerprint density at radius 3 is 3.00 bits per heavy atom. The van der Waals surface area contributed by atoms with Gasteiger partial charge in [-0.15, -0.1) is 0 Å². The minimum absolute atomic E-state index is 0.0358. The first-order valence-electron chi connectivity index (χ1n) is 8.02. The molecule has 2 N–H and O–H groups in total. The predicted molar refractivity (Wildman–Crippen MR) is 87.0 cm³/mol. The molecule has 0 radical (unpaired) electrons. The molecule has 2 atom stereocenters. The van der Waals surface area contributed by atoms with E-state index < -0.39 is 0 Å². The number of aliphatic hydroxyl groups is 1. The van der Waals surface area contributed by atoms with Crippen LogP contribution in [0, 0.1) is 5.92 Å². The summed E-state index contributed by atoms with van der Waals surface area (Å²) in [5.74, 6) is 0.110. The Bertz CT molecular complexity index is 756. The second kappa shape index (κ2) is 6.91. The molecule has 1 aliphatic rings. The maximum absolute atomic E-state index is 12.3. The quantitative estimate of drug-likeness (QED) is 0.884. The van der Waals surface area contributed by atoms with Crippen LogP contribution in [0.4, 0.5) is 0 Å². The third-order valence-electron chi connectivity index (χ3n) is 4.39. The van der Waals surface area contributed by atoms with E-state index in [2.05, 4.69) is 10.3 Å². The molecule has 0 bridgehead atoms. The van der Waals surface area contributed by atoms with Crippen LogP contribution in [0.2, 0.25) is 0 Å². The molecule has 1 aliphatic carbocycles. The van der Waals surface area contributed by atoms with Gasteiger partial charge < -0.3 is 10.4 Å². The minimum atomic E-state index is -0.252. The third-order valence-corrected chi connectivity index (χ3v) is 4.39. The van der Waals surface area contributed by atoms with E-state index in [1.807, 2.05) is 6.07 Å². The van der Waals surface area contributed by atoms with Crippen molar-refractivity contribution in [1.82, 2.24) is 14.9 Å². The van der Waals surface area contributed by atoms with E-state index in [1.165, 1.54) is 10.9 Å². The first-order valence-corrected chi connectivity index (χ1v) is 8.02. The standard InChI is InChI=1S/C17H21N3O3/c21-13-5-3-4-12(8-13)9-18-16(22)10-20-11-19-15-7-2-1-6-14(15)17(20)23/h1-2,6-7,11-13,21H,3-5,8-10H2,(H,18,22). The lowest BCUT2D eigenvalue weighted by molar-refractivity contribution is -0.122. The van der Waals surface area contributed by atoms with Gasteiger partial charge in [-0.05, 0) is 37.3 Å². The average Bonchev–Trinajstić information content (AvgIpc) is 2.56. The summed E-state index contributed by atoms with van der Waals surface area (Å²) in [6.45, 7) is 0.512. The molecule has 1 saturated carbocycles. The molecule has 1 heterocycles. The van der Waals surface area contributed by atoms with Crippen molar-refractivity contribution in [3.05, 3.63) is 40.9 Å². The molecule has 1 amide bonds. The highest BCUT2D eigenvalue weighted by Crippen LogP contribution is 2.23. The van der Waals surface area contributed by atoms with Crippen LogP contribution in [0.5, 0.6) is 0 Å². The number of rotatable bonds is 4. The van der Waals surface area contributed by atoms with Gasteiger partial charge >= 0.3 is 0 Å². The van der Waals surface area contributed by atoms with Crippen LogP contribution in [0.3, 0.4) is 0 Å². The van der Waals surface area contributed by atoms with Gasteiger partial charge in [-0.1, -0.05) is 18.6 Å². The van der Waals surface area contributed by atoms with Crippen LogP contribution in [0.25, 0.3) is 10.9 Å². The van der Waals surface area contributed by atoms with Crippen LogP contribution in [-0.2, 0) is 11.3 Å². The Hall–Kier alpha value is -2.21. The van der Waals surface area contributed by atoms with Crippen molar-refractivity contribution in [3.8, 4) is 0 Å². The molecule has 6 nitrogen and oxygen atoms in total. The summed E-state index contributed by atoms with van der Waals surface area (Å²) in [4.78, 5) is 28.6. The number of carbonyl (C=O) groups is 1. The molecule has 0 aliphatic heterocycles. The fourth-order valence-corrected chi connectivity index (χ4v) is 3.14. The molecule has 23 heavy (non-hydrogen) atoms. The largest absolute Gasteiger partial charge is 0.393 e. The predicted octanol–water partition coefficient (Wildman–Crippen LogP) is 1.06. The summed E-state index contributed by atoms with van der Waals surface area (Å²) >= 11 is 0. The average molecular weight is 315 g/mol. The summed E-state index contributed by atoms with van der Waals surface area (Å²) < 4.78 is 1.33. The highest BCUT2D eigenvalue weighted by molar-refractivity contribution is 5.78. The zero-order valence-electron chi connectivity index (χ0n) is 12.9. The Morgan fingerprint density at radius 2 is 2.17 bits per heavy atom. The van der Waals surface area contributed by atoms with Crippen molar-refractivity contribution in [3.63, 3.8) is 0 Å². The van der Waals surface area contributed by atoms with Gasteiger partial charge in [0.15, 0.2) is 0 Å². The molecular formula is C17H21N3O3. The maximum atomic E-state index is 12.3. The zero-order chi connectivity index (χ0) is 16.2. The van der Waals surface area contributed by atoms with Crippen LogP contribution in [-0.4, -0.2) is 33.2 Å². The summed E-state index contributed by atoms with van der Waals surface area (Å²) in [6, 6.07) is 7.09. The summed E-state index contributed by atoms with van der Waals surface area (Å²) in [6.07, 6.45) is 4.76. The fourth-order valence-electron chi connectivity index (χ4n) is 3.14. The second-order valence-electron chi connectivity index (χ2n) is 6.19. The van der Waals surface area contributed by atoms with Crippen molar-refractivity contribution in [2.45, 2.75) is 38.3 Å². The Kier molecular flexibility index (Phi) is 4.71. The number of benzene rings is 1. The van der Waals surface area contributed by atoms with Gasteiger partial charge in [-0.2, -0.15) is 0 Å². The van der Waals surface area contributed by atoms with Crippen molar-refractivity contribution >= 4 is 16.8 Å². The molecule has 3 rings (SSSR count). The van der Waals surface area contributed by atoms with E-state index in [1.54, 1.807) is 18.2 Å². The van der Waals surface area contributed by atoms with E-state index >= 15 is 0 Å². The number of hydrogen-bond donors (Lipinski definition) is 2. The van der Waals surface area contributed by atoms with Crippen LogP contribution in [0.1, 0.15) is 25.7 Å². The highest BCUT2D eigenvalue weighted by Gasteiger charge is 2.20. The van der Waals surface area contributed by atoms with Gasteiger partial charge in [0.1, 0.15) is 6.54 Å². The van der Waals surface area contributed by atoms with Gasteiger partial charge in [0, 0.05) is 6.54 Å². The lowest BCUT2D eigenvalue weighted by Crippen LogP contribution is -2.36. The first kappa shape index (κ1) is 15.7. The van der Waals surface area contributed by atoms with Crippen molar-refractivity contribution in [1.29, 1.82) is 0 Å². The summed E-state index contributed by atoms with van der Waals surface area (Å²) in [5.41, 5.74) is 0.421. The Balaban J connectivity index is 1.62. The number of nitrogens with zero attached hydrogens (tertiary/aromatic N) is 2. The van der Waals surface area contributed by atoms with Crippen molar-refractivity contribution in [2.24, 2.45) is 5.92 Å².